The van der Waals surface area contributed by atoms with Crippen molar-refractivity contribution in [3.8, 4) is 0 Å². The minimum atomic E-state index is -0.411. The highest BCUT2D eigenvalue weighted by molar-refractivity contribution is 5.79. The number of carbonyl (C=O) groups is 4. The molecule has 0 aromatic carbocycles. The minimum Gasteiger partial charge on any atom is -0.374 e. The van der Waals surface area contributed by atoms with Gasteiger partial charge in [0.1, 0.15) is 50.8 Å². The molecule has 0 radical (unpaired) electrons. The maximum absolute atomic E-state index is 12.8. The van der Waals surface area contributed by atoms with Crippen molar-refractivity contribution in [3.05, 3.63) is 0 Å². The Kier molecular flexibility index (Phi) is 15.1. The second-order valence-electron chi connectivity index (χ2n) is 13.0. The number of rotatable bonds is 0. The van der Waals surface area contributed by atoms with Crippen molar-refractivity contribution in [2.45, 2.75) is 99.9 Å². The van der Waals surface area contributed by atoms with Crippen molar-refractivity contribution in [1.29, 1.82) is 0 Å². The van der Waals surface area contributed by atoms with Gasteiger partial charge in [0.05, 0.1) is 50.6 Å². The standard InChI is InChI=1S/C32H52N4O12/c37-29-17-42-14-26-22(6-2-10-46-26)35-31(39)19-44-16-28-24(8-4-12-48-28)36-32(40)20-43-15-27-23(7-3-11-47-27)34-30(38)18-41-13-25-21(33-29)5-1-9-45-25/h21-28H,1-20H2,(H,33,37)(H,34,38)(H,35,39)(H,36,40)/t21-,22-,23-,24-,25-,26-,27-,28-/m1/s1. The molecule has 0 unspecified atom stereocenters. The summed E-state index contributed by atoms with van der Waals surface area (Å²) >= 11 is 0. The highest BCUT2D eigenvalue weighted by Crippen LogP contribution is 2.18. The van der Waals surface area contributed by atoms with Crippen LogP contribution in [0.15, 0.2) is 0 Å². The van der Waals surface area contributed by atoms with Gasteiger partial charge in [-0.25, -0.2) is 0 Å². The Labute approximate surface area is 281 Å². The average Bonchev–Trinajstić information content (AvgIpc) is 3.07. The fourth-order valence-electron chi connectivity index (χ4n) is 6.74. The van der Waals surface area contributed by atoms with E-state index in [2.05, 4.69) is 21.3 Å². The predicted octanol–water partition coefficient (Wildman–Crippen LogP) is -1.28. The SMILES string of the molecule is O=C1COC[C@H]2OCCC[C@H]2NC(=O)COC[C@H]2OCCC[C@H]2NC(=O)COC[C@H]2OCCC[C@H]2NC(=O)COC[C@H]2OCCC[C@H]2N1. The van der Waals surface area contributed by atoms with E-state index in [-0.39, 0.29) is 101 Å². The molecular formula is C32H52N4O12. The van der Waals surface area contributed by atoms with Crippen LogP contribution in [0.2, 0.25) is 0 Å². The molecule has 0 aromatic rings. The number of ether oxygens (including phenoxy) is 8. The number of hydrogen-bond donors (Lipinski definition) is 4. The Balaban J connectivity index is 1.19. The van der Waals surface area contributed by atoms with E-state index in [0.717, 1.165) is 25.7 Å². The molecule has 0 spiro atoms. The molecule has 0 aromatic heterocycles. The molecule has 5 fully saturated rings. The Bertz CT molecular complexity index is 893. The third kappa shape index (κ3) is 11.9. The van der Waals surface area contributed by atoms with E-state index in [9.17, 15) is 19.2 Å². The minimum absolute atomic E-state index is 0.135. The zero-order valence-corrected chi connectivity index (χ0v) is 27.7. The maximum atomic E-state index is 12.8. The second kappa shape index (κ2) is 19.7. The number of nitrogens with one attached hydrogen (secondary N) is 4. The molecule has 4 amide bonds. The number of amides is 4. The molecule has 5 aliphatic heterocycles. The fraction of sp³-hybridized carbons (Fsp3) is 0.875. The van der Waals surface area contributed by atoms with Gasteiger partial charge in [-0.1, -0.05) is 0 Å². The lowest BCUT2D eigenvalue weighted by molar-refractivity contribution is -0.139. The maximum Gasteiger partial charge on any atom is 0.246 e. The predicted molar refractivity (Wildman–Crippen MR) is 167 cm³/mol. The summed E-state index contributed by atoms with van der Waals surface area (Å²) in [6.45, 7) is 1.98. The fourth-order valence-corrected chi connectivity index (χ4v) is 6.74. The molecule has 0 bridgehead atoms. The average molecular weight is 685 g/mol. The summed E-state index contributed by atoms with van der Waals surface area (Å²) in [7, 11) is 0. The van der Waals surface area contributed by atoms with Gasteiger partial charge in [-0.15, -0.1) is 0 Å². The smallest absolute Gasteiger partial charge is 0.246 e. The van der Waals surface area contributed by atoms with Gasteiger partial charge < -0.3 is 59.2 Å². The van der Waals surface area contributed by atoms with Crippen LogP contribution in [0.4, 0.5) is 0 Å². The van der Waals surface area contributed by atoms with Crippen LogP contribution in [-0.4, -0.2) is 151 Å². The number of fused-ring (bicyclic) bond motifs is 4. The third-order valence-electron chi connectivity index (χ3n) is 9.21. The number of hydrogen-bond acceptors (Lipinski definition) is 12. The van der Waals surface area contributed by atoms with E-state index in [4.69, 9.17) is 37.9 Å². The lowest BCUT2D eigenvalue weighted by Gasteiger charge is -2.34. The molecule has 16 heteroatoms. The van der Waals surface area contributed by atoms with Gasteiger partial charge in [0.25, 0.3) is 0 Å². The first-order valence-electron chi connectivity index (χ1n) is 17.4. The molecule has 5 saturated heterocycles. The van der Waals surface area contributed by atoms with E-state index >= 15 is 0 Å². The van der Waals surface area contributed by atoms with E-state index in [0.29, 0.717) is 52.1 Å². The molecule has 272 valence electrons. The summed E-state index contributed by atoms with van der Waals surface area (Å²) in [6.07, 6.45) is 4.32. The zero-order valence-electron chi connectivity index (χ0n) is 27.7. The summed E-state index contributed by atoms with van der Waals surface area (Å²) in [5, 5.41) is 11.9. The van der Waals surface area contributed by atoms with Crippen LogP contribution >= 0.6 is 0 Å². The van der Waals surface area contributed by atoms with Gasteiger partial charge in [-0.05, 0) is 51.4 Å². The van der Waals surface area contributed by atoms with Crippen molar-refractivity contribution in [3.63, 3.8) is 0 Å². The first-order chi connectivity index (χ1) is 23.4. The van der Waals surface area contributed by atoms with Gasteiger partial charge in [-0.2, -0.15) is 0 Å². The lowest BCUT2D eigenvalue weighted by Crippen LogP contribution is -2.53. The Morgan fingerprint density at radius 1 is 0.375 bits per heavy atom. The lowest BCUT2D eigenvalue weighted by atomic mass is 10.0. The summed E-state index contributed by atoms with van der Waals surface area (Å²) in [5.41, 5.74) is 0. The van der Waals surface area contributed by atoms with Gasteiger partial charge in [0.15, 0.2) is 0 Å². The highest BCUT2D eigenvalue weighted by atomic mass is 16.6. The van der Waals surface area contributed by atoms with Crippen LogP contribution in [0.1, 0.15) is 51.4 Å². The van der Waals surface area contributed by atoms with Gasteiger partial charge in [0.2, 0.25) is 23.6 Å². The van der Waals surface area contributed by atoms with E-state index in [1.165, 1.54) is 0 Å². The molecule has 0 saturated carbocycles. The van der Waals surface area contributed by atoms with Crippen LogP contribution in [0.3, 0.4) is 0 Å². The van der Waals surface area contributed by atoms with Crippen LogP contribution in [0.5, 0.6) is 0 Å². The number of carbonyl (C=O) groups excluding carboxylic acids is 4. The second-order valence-corrected chi connectivity index (χ2v) is 13.0. The van der Waals surface area contributed by atoms with Crippen molar-refractivity contribution in [1.82, 2.24) is 21.3 Å². The van der Waals surface area contributed by atoms with Crippen molar-refractivity contribution >= 4 is 23.6 Å². The molecule has 48 heavy (non-hydrogen) atoms. The van der Waals surface area contributed by atoms with E-state index in [1.54, 1.807) is 0 Å². The quantitative estimate of drug-likeness (QED) is 0.237. The largest absolute Gasteiger partial charge is 0.374 e. The summed E-state index contributed by atoms with van der Waals surface area (Å²) in [5.74, 6) is -1.18. The topological polar surface area (TPSA) is 190 Å². The van der Waals surface area contributed by atoms with E-state index < -0.39 is 24.4 Å². The van der Waals surface area contributed by atoms with Gasteiger partial charge in [0, 0.05) is 26.4 Å². The van der Waals surface area contributed by atoms with E-state index in [1.807, 2.05) is 0 Å². The molecule has 16 nitrogen and oxygen atoms in total. The molecule has 4 N–H and O–H groups in total. The van der Waals surface area contributed by atoms with Crippen LogP contribution in [-0.2, 0) is 57.1 Å². The molecule has 5 rings (SSSR count). The highest BCUT2D eigenvalue weighted by Gasteiger charge is 2.33. The molecule has 8 atom stereocenters. The Morgan fingerprint density at radius 2 is 0.604 bits per heavy atom. The normalized spacial score (nSPS) is 36.5. The third-order valence-corrected chi connectivity index (χ3v) is 9.21. The van der Waals surface area contributed by atoms with Crippen molar-refractivity contribution < 1.29 is 57.1 Å². The van der Waals surface area contributed by atoms with Crippen molar-refractivity contribution in [2.24, 2.45) is 0 Å². The zero-order chi connectivity index (χ0) is 33.6. The Hall–Kier alpha value is -2.44. The first kappa shape index (κ1) is 36.8. The van der Waals surface area contributed by atoms with Crippen LogP contribution in [0.25, 0.3) is 0 Å². The summed E-state index contributed by atoms with van der Waals surface area (Å²) in [6, 6.07) is -1.16. The molecule has 5 aliphatic rings. The van der Waals surface area contributed by atoms with Gasteiger partial charge >= 0.3 is 0 Å². The molecule has 5 heterocycles. The first-order valence-corrected chi connectivity index (χ1v) is 17.4. The van der Waals surface area contributed by atoms with Crippen molar-refractivity contribution in [2.75, 3.05) is 79.3 Å². The molecule has 0 aliphatic carbocycles. The van der Waals surface area contributed by atoms with Crippen LogP contribution in [0, 0.1) is 0 Å². The van der Waals surface area contributed by atoms with Crippen LogP contribution < -0.4 is 21.3 Å². The van der Waals surface area contributed by atoms with Gasteiger partial charge in [-0.3, -0.25) is 19.2 Å². The summed E-state index contributed by atoms with van der Waals surface area (Å²) in [4.78, 5) is 51.1. The molecular weight excluding hydrogens is 632 g/mol. The monoisotopic (exact) mass is 684 g/mol. The summed E-state index contributed by atoms with van der Waals surface area (Å²) < 4.78 is 46.3. The Morgan fingerprint density at radius 3 is 0.833 bits per heavy atom.